The van der Waals surface area contributed by atoms with E-state index in [1.807, 2.05) is 18.2 Å². The van der Waals surface area contributed by atoms with Gasteiger partial charge in [-0.3, -0.25) is 4.98 Å². The van der Waals surface area contributed by atoms with E-state index in [1.54, 1.807) is 13.0 Å². The topological polar surface area (TPSA) is 59.4 Å². The average molecular weight is 276 g/mol. The molecule has 0 saturated carbocycles. The van der Waals surface area contributed by atoms with E-state index in [0.717, 1.165) is 5.56 Å². The predicted molar refractivity (Wildman–Crippen MR) is 70.1 cm³/mol. The molecule has 1 aromatic heterocycles. The van der Waals surface area contributed by atoms with Gasteiger partial charge in [0, 0.05) is 5.56 Å². The number of ether oxygens (including phenoxy) is 1. The second-order valence-electron chi connectivity index (χ2n) is 4.31. The summed E-state index contributed by atoms with van der Waals surface area (Å²) in [7, 11) is 0. The molecule has 4 nitrogen and oxygen atoms in total. The summed E-state index contributed by atoms with van der Waals surface area (Å²) in [6, 6.07) is 8.87. The largest absolute Gasteiger partial charge is 0.478 e. The smallest absolute Gasteiger partial charge is 0.337 e. The van der Waals surface area contributed by atoms with Gasteiger partial charge in [-0.2, -0.15) is 0 Å². The predicted octanol–water partition coefficient (Wildman–Crippen LogP) is 3.52. The number of para-hydroxylation sites is 1. The number of hydrogen-bond donors (Lipinski definition) is 1. The highest BCUT2D eigenvalue weighted by Crippen LogP contribution is 2.45. The van der Waals surface area contributed by atoms with Gasteiger partial charge in [0.25, 0.3) is 0 Å². The van der Waals surface area contributed by atoms with Crippen molar-refractivity contribution in [2.45, 2.75) is 12.3 Å². The Morgan fingerprint density at radius 1 is 1.37 bits per heavy atom. The van der Waals surface area contributed by atoms with Crippen molar-refractivity contribution in [3.8, 4) is 11.5 Å². The van der Waals surface area contributed by atoms with Crippen molar-refractivity contribution in [3.05, 3.63) is 52.8 Å². The zero-order chi connectivity index (χ0) is 13.6. The Kier molecular flexibility index (Phi) is 2.68. The van der Waals surface area contributed by atoms with E-state index < -0.39 is 11.3 Å². The van der Waals surface area contributed by atoms with Crippen LogP contribution in [0.1, 0.15) is 32.7 Å². The third-order valence-electron chi connectivity index (χ3n) is 3.09. The van der Waals surface area contributed by atoms with Crippen LogP contribution in [0.15, 0.2) is 30.3 Å². The highest BCUT2D eigenvalue weighted by atomic mass is 35.5. The van der Waals surface area contributed by atoms with Gasteiger partial charge in [-0.25, -0.2) is 4.79 Å². The van der Waals surface area contributed by atoms with Crippen LogP contribution in [0.4, 0.5) is 0 Å². The van der Waals surface area contributed by atoms with E-state index in [4.69, 9.17) is 21.4 Å². The summed E-state index contributed by atoms with van der Waals surface area (Å²) in [5, 5.41) is 8.67. The van der Waals surface area contributed by atoms with E-state index in [-0.39, 0.29) is 5.56 Å². The quantitative estimate of drug-likeness (QED) is 0.809. The molecule has 1 atom stereocenters. The molecular weight excluding hydrogens is 266 g/mol. The van der Waals surface area contributed by atoms with Crippen LogP contribution in [0.2, 0.25) is 0 Å². The Hall–Kier alpha value is -2.07. The molecule has 1 aromatic carbocycles. The van der Waals surface area contributed by atoms with Crippen molar-refractivity contribution in [2.75, 3.05) is 0 Å². The van der Waals surface area contributed by atoms with Crippen LogP contribution in [0, 0.1) is 6.92 Å². The van der Waals surface area contributed by atoms with Gasteiger partial charge in [-0.15, -0.1) is 11.6 Å². The summed E-state index contributed by atoms with van der Waals surface area (Å²) in [6.45, 7) is 1.65. The van der Waals surface area contributed by atoms with Gasteiger partial charge < -0.3 is 9.84 Å². The number of aryl methyl sites for hydroxylation is 1. The Morgan fingerprint density at radius 2 is 2.11 bits per heavy atom. The average Bonchev–Trinajstić information content (AvgIpc) is 2.39. The monoisotopic (exact) mass is 275 g/mol. The minimum absolute atomic E-state index is 0.127. The van der Waals surface area contributed by atoms with Crippen LogP contribution in [-0.4, -0.2) is 16.1 Å². The molecule has 1 aliphatic heterocycles. The maximum Gasteiger partial charge on any atom is 0.337 e. The first-order valence-corrected chi connectivity index (χ1v) is 6.17. The molecule has 2 aromatic rings. The highest BCUT2D eigenvalue weighted by molar-refractivity contribution is 6.23. The number of hydrogen-bond acceptors (Lipinski definition) is 3. The van der Waals surface area contributed by atoms with Gasteiger partial charge in [0.2, 0.25) is 0 Å². The lowest BCUT2D eigenvalue weighted by molar-refractivity contribution is 0.0695. The number of alkyl halides is 1. The molecule has 1 unspecified atom stereocenters. The normalized spacial score (nSPS) is 16.2. The van der Waals surface area contributed by atoms with E-state index >= 15 is 0 Å². The summed E-state index contributed by atoms with van der Waals surface area (Å²) < 4.78 is 5.68. The van der Waals surface area contributed by atoms with Gasteiger partial charge in [0.1, 0.15) is 16.8 Å². The molecule has 0 spiro atoms. The molecule has 0 radical (unpaired) electrons. The Morgan fingerprint density at radius 3 is 2.84 bits per heavy atom. The number of fused-ring (bicyclic) bond motifs is 2. The molecule has 5 heteroatoms. The van der Waals surface area contributed by atoms with Crippen molar-refractivity contribution in [3.63, 3.8) is 0 Å². The summed E-state index contributed by atoms with van der Waals surface area (Å²) in [5.74, 6) is 0.0140. The van der Waals surface area contributed by atoms with Crippen LogP contribution < -0.4 is 4.74 Å². The second kappa shape index (κ2) is 4.24. The number of aromatic carboxylic acids is 1. The fourth-order valence-corrected chi connectivity index (χ4v) is 2.47. The lowest BCUT2D eigenvalue weighted by atomic mass is 10.0. The molecule has 0 fully saturated rings. The lowest BCUT2D eigenvalue weighted by Crippen LogP contribution is -2.12. The number of benzene rings is 1. The maximum absolute atomic E-state index is 11.1. The van der Waals surface area contributed by atoms with Crippen LogP contribution in [0.3, 0.4) is 0 Å². The van der Waals surface area contributed by atoms with Crippen molar-refractivity contribution in [1.82, 2.24) is 4.98 Å². The molecule has 0 bridgehead atoms. The Bertz CT molecular complexity index is 684. The van der Waals surface area contributed by atoms with Gasteiger partial charge in [0.05, 0.1) is 11.3 Å². The fraction of sp³-hybridized carbons (Fsp3) is 0.143. The molecular formula is C14H10ClNO3. The van der Waals surface area contributed by atoms with E-state index in [9.17, 15) is 4.79 Å². The lowest BCUT2D eigenvalue weighted by Gasteiger charge is -2.24. The van der Waals surface area contributed by atoms with Gasteiger partial charge >= 0.3 is 5.97 Å². The van der Waals surface area contributed by atoms with E-state index in [0.29, 0.717) is 22.9 Å². The number of aromatic nitrogens is 1. The van der Waals surface area contributed by atoms with Crippen molar-refractivity contribution in [2.24, 2.45) is 0 Å². The first-order valence-electron chi connectivity index (χ1n) is 5.73. The summed E-state index contributed by atoms with van der Waals surface area (Å²) >= 11 is 6.39. The number of rotatable bonds is 1. The molecule has 0 saturated heterocycles. The van der Waals surface area contributed by atoms with Crippen LogP contribution in [0.25, 0.3) is 0 Å². The molecule has 1 aliphatic rings. The number of carbonyl (C=O) groups is 1. The molecule has 19 heavy (non-hydrogen) atoms. The summed E-state index contributed by atoms with van der Waals surface area (Å²) in [6.07, 6.45) is 0. The number of carboxylic acids is 1. The summed E-state index contributed by atoms with van der Waals surface area (Å²) in [4.78, 5) is 15.4. The Balaban J connectivity index is 2.18. The number of pyridine rings is 1. The minimum Gasteiger partial charge on any atom is -0.478 e. The van der Waals surface area contributed by atoms with Crippen molar-refractivity contribution < 1.29 is 14.6 Å². The van der Waals surface area contributed by atoms with Crippen LogP contribution in [-0.2, 0) is 0 Å². The van der Waals surface area contributed by atoms with Crippen molar-refractivity contribution in [1.29, 1.82) is 0 Å². The minimum atomic E-state index is -1.03. The second-order valence-corrected chi connectivity index (χ2v) is 4.75. The van der Waals surface area contributed by atoms with Crippen LogP contribution >= 0.6 is 11.6 Å². The first-order chi connectivity index (χ1) is 9.08. The summed E-state index contributed by atoms with van der Waals surface area (Å²) in [5.41, 5.74) is 1.95. The number of nitrogens with zero attached hydrogens (tertiary/aromatic N) is 1. The number of carboxylic acid groups (broad SMARTS) is 1. The van der Waals surface area contributed by atoms with Gasteiger partial charge in [-0.1, -0.05) is 18.2 Å². The highest BCUT2D eigenvalue weighted by Gasteiger charge is 2.28. The molecule has 3 rings (SSSR count). The van der Waals surface area contributed by atoms with Gasteiger partial charge in [-0.05, 0) is 19.1 Å². The molecule has 96 valence electrons. The van der Waals surface area contributed by atoms with Crippen molar-refractivity contribution >= 4 is 17.6 Å². The third kappa shape index (κ3) is 1.85. The third-order valence-corrected chi connectivity index (χ3v) is 3.53. The van der Waals surface area contributed by atoms with E-state index in [2.05, 4.69) is 4.98 Å². The first kappa shape index (κ1) is 12.0. The zero-order valence-electron chi connectivity index (χ0n) is 10.1. The molecule has 1 N–H and O–H groups in total. The Labute approximate surface area is 114 Å². The molecule has 0 amide bonds. The zero-order valence-corrected chi connectivity index (χ0v) is 10.8. The van der Waals surface area contributed by atoms with Gasteiger partial charge in [0.15, 0.2) is 5.75 Å². The maximum atomic E-state index is 11.1. The standard InChI is InChI=1S/C14H10ClNO3/c1-7-9(14(17)18)6-11-13(16-7)12(15)8-4-2-3-5-10(8)19-11/h2-6,12H,1H3,(H,17,18). The molecule has 2 heterocycles. The van der Waals surface area contributed by atoms with Crippen LogP contribution in [0.5, 0.6) is 11.5 Å². The molecule has 0 aliphatic carbocycles. The van der Waals surface area contributed by atoms with E-state index in [1.165, 1.54) is 6.07 Å². The fourth-order valence-electron chi connectivity index (χ4n) is 2.13. The SMILES string of the molecule is Cc1nc2c(cc1C(=O)O)Oc1ccccc1C2Cl. The number of halogens is 1.